The zero-order valence-corrected chi connectivity index (χ0v) is 13.2. The van der Waals surface area contributed by atoms with Gasteiger partial charge in [0.15, 0.2) is 0 Å². The third kappa shape index (κ3) is 3.01. The van der Waals surface area contributed by atoms with Gasteiger partial charge in [0.1, 0.15) is 4.99 Å². The molecular formula is C13H19N3O2S2. The van der Waals surface area contributed by atoms with Gasteiger partial charge >= 0.3 is 0 Å². The fourth-order valence-corrected chi connectivity index (χ4v) is 3.82. The highest BCUT2D eigenvalue weighted by atomic mass is 32.2. The number of piperazine rings is 1. The van der Waals surface area contributed by atoms with Crippen molar-refractivity contribution < 1.29 is 8.42 Å². The quantitative estimate of drug-likeness (QED) is 0.830. The van der Waals surface area contributed by atoms with Crippen molar-refractivity contribution in [1.82, 2.24) is 9.21 Å². The van der Waals surface area contributed by atoms with Crippen molar-refractivity contribution in [3.63, 3.8) is 0 Å². The Balaban J connectivity index is 2.24. The molecule has 1 aromatic rings. The highest BCUT2D eigenvalue weighted by Crippen LogP contribution is 2.19. The molecule has 5 nitrogen and oxygen atoms in total. The number of nitrogens with zero attached hydrogens (tertiary/aromatic N) is 2. The normalized spacial score (nSPS) is 21.8. The molecule has 1 aliphatic heterocycles. The zero-order valence-electron chi connectivity index (χ0n) is 11.6. The minimum Gasteiger partial charge on any atom is -0.389 e. The number of nitrogens with two attached hydrogens (primary N) is 1. The Morgan fingerprint density at radius 2 is 1.90 bits per heavy atom. The first-order valence-corrected chi connectivity index (χ1v) is 8.27. The average Bonchev–Trinajstić information content (AvgIpc) is 2.41. The number of likely N-dealkylation sites (N-methyl/N-ethyl adjacent to an activating group) is 1. The van der Waals surface area contributed by atoms with Crippen LogP contribution >= 0.6 is 12.2 Å². The lowest BCUT2D eigenvalue weighted by molar-refractivity contribution is 0.159. The molecule has 7 heteroatoms. The van der Waals surface area contributed by atoms with Gasteiger partial charge in [0.25, 0.3) is 0 Å². The van der Waals surface area contributed by atoms with Crippen molar-refractivity contribution in [3.8, 4) is 0 Å². The Bertz CT molecular complexity index is 599. The fourth-order valence-electron chi connectivity index (χ4n) is 2.17. The summed E-state index contributed by atoms with van der Waals surface area (Å²) in [5, 5.41) is 0. The third-order valence-corrected chi connectivity index (χ3v) is 5.81. The summed E-state index contributed by atoms with van der Waals surface area (Å²) in [6.45, 7) is 3.79. The highest BCUT2D eigenvalue weighted by Gasteiger charge is 2.30. The molecule has 0 spiro atoms. The summed E-state index contributed by atoms with van der Waals surface area (Å²) in [6, 6.07) is 6.64. The lowest BCUT2D eigenvalue weighted by Gasteiger charge is -2.36. The molecule has 0 bridgehead atoms. The maximum Gasteiger partial charge on any atom is 0.243 e. The van der Waals surface area contributed by atoms with Gasteiger partial charge in [0, 0.05) is 31.2 Å². The van der Waals surface area contributed by atoms with E-state index in [1.54, 1.807) is 24.3 Å². The van der Waals surface area contributed by atoms with Crippen molar-refractivity contribution >= 4 is 27.2 Å². The molecule has 0 aromatic heterocycles. The van der Waals surface area contributed by atoms with E-state index in [1.807, 2.05) is 14.0 Å². The highest BCUT2D eigenvalue weighted by molar-refractivity contribution is 7.89. The summed E-state index contributed by atoms with van der Waals surface area (Å²) in [5.41, 5.74) is 6.19. The minimum atomic E-state index is -3.44. The van der Waals surface area contributed by atoms with Gasteiger partial charge in [-0.05, 0) is 26.1 Å². The van der Waals surface area contributed by atoms with Crippen LogP contribution in [0.25, 0.3) is 0 Å². The Labute approximate surface area is 125 Å². The minimum absolute atomic E-state index is 0.217. The first-order valence-electron chi connectivity index (χ1n) is 6.42. The number of rotatable bonds is 3. The third-order valence-electron chi connectivity index (χ3n) is 3.70. The molecule has 1 aromatic carbocycles. The van der Waals surface area contributed by atoms with Crippen LogP contribution in [0.2, 0.25) is 0 Å². The van der Waals surface area contributed by atoms with Crippen molar-refractivity contribution in [2.45, 2.75) is 17.9 Å². The Hall–Kier alpha value is -1.02. The van der Waals surface area contributed by atoms with E-state index in [2.05, 4.69) is 4.90 Å². The Morgan fingerprint density at radius 1 is 1.30 bits per heavy atom. The molecule has 1 unspecified atom stereocenters. The Morgan fingerprint density at radius 3 is 2.40 bits per heavy atom. The van der Waals surface area contributed by atoms with Crippen LogP contribution in [0.15, 0.2) is 29.2 Å². The van der Waals surface area contributed by atoms with Gasteiger partial charge in [-0.3, -0.25) is 0 Å². The van der Waals surface area contributed by atoms with Crippen LogP contribution in [-0.4, -0.2) is 55.3 Å². The molecule has 1 aliphatic rings. The molecule has 110 valence electrons. The van der Waals surface area contributed by atoms with Gasteiger partial charge < -0.3 is 10.6 Å². The van der Waals surface area contributed by atoms with Crippen molar-refractivity contribution in [2.75, 3.05) is 26.7 Å². The molecule has 1 atom stereocenters. The number of thiocarbonyl (C=S) groups is 1. The van der Waals surface area contributed by atoms with Crippen molar-refractivity contribution in [2.24, 2.45) is 5.73 Å². The van der Waals surface area contributed by atoms with E-state index in [9.17, 15) is 8.42 Å². The Kier molecular flexibility index (Phi) is 4.43. The second-order valence-electron chi connectivity index (χ2n) is 5.08. The van der Waals surface area contributed by atoms with E-state index in [-0.39, 0.29) is 15.9 Å². The molecule has 2 rings (SSSR count). The molecule has 0 amide bonds. The SMILES string of the molecule is CC1CN(S(=O)(=O)c2ccc(C(N)=S)cc2)CCN1C. The molecule has 1 fully saturated rings. The van der Waals surface area contributed by atoms with Crippen LogP contribution in [0, 0.1) is 0 Å². The number of benzene rings is 1. The predicted molar refractivity (Wildman–Crippen MR) is 83.2 cm³/mol. The van der Waals surface area contributed by atoms with Crippen LogP contribution in [-0.2, 0) is 10.0 Å². The van der Waals surface area contributed by atoms with Crippen LogP contribution in [0.3, 0.4) is 0 Å². The first-order chi connectivity index (χ1) is 9.32. The number of sulfonamides is 1. The van der Waals surface area contributed by atoms with E-state index < -0.39 is 10.0 Å². The molecule has 0 radical (unpaired) electrons. The van der Waals surface area contributed by atoms with Crippen LogP contribution in [0.5, 0.6) is 0 Å². The van der Waals surface area contributed by atoms with Gasteiger partial charge in [-0.1, -0.05) is 24.4 Å². The summed E-state index contributed by atoms with van der Waals surface area (Å²) in [5.74, 6) is 0. The molecule has 1 heterocycles. The second kappa shape index (κ2) is 5.77. The zero-order chi connectivity index (χ0) is 14.9. The van der Waals surface area contributed by atoms with E-state index in [0.717, 1.165) is 6.54 Å². The fraction of sp³-hybridized carbons (Fsp3) is 0.462. The lowest BCUT2D eigenvalue weighted by atomic mass is 10.2. The van der Waals surface area contributed by atoms with E-state index in [1.165, 1.54) is 4.31 Å². The molecular weight excluding hydrogens is 294 g/mol. The van der Waals surface area contributed by atoms with Crippen LogP contribution < -0.4 is 5.73 Å². The maximum atomic E-state index is 12.6. The van der Waals surface area contributed by atoms with Gasteiger partial charge in [-0.25, -0.2) is 8.42 Å². The summed E-state index contributed by atoms with van der Waals surface area (Å²) in [6.07, 6.45) is 0. The molecule has 0 aliphatic carbocycles. The number of hydrogen-bond donors (Lipinski definition) is 1. The summed E-state index contributed by atoms with van der Waals surface area (Å²) in [7, 11) is -1.43. The average molecular weight is 313 g/mol. The van der Waals surface area contributed by atoms with E-state index >= 15 is 0 Å². The molecule has 20 heavy (non-hydrogen) atoms. The topological polar surface area (TPSA) is 66.6 Å². The first kappa shape index (κ1) is 15.4. The van der Waals surface area contributed by atoms with E-state index in [0.29, 0.717) is 18.7 Å². The monoisotopic (exact) mass is 313 g/mol. The molecule has 1 saturated heterocycles. The van der Waals surface area contributed by atoms with Crippen LogP contribution in [0.1, 0.15) is 12.5 Å². The standard InChI is InChI=1S/C13H19N3O2S2/c1-10-9-16(8-7-15(10)2)20(17,18)12-5-3-11(4-6-12)13(14)19/h3-6,10H,7-9H2,1-2H3,(H2,14,19). The largest absolute Gasteiger partial charge is 0.389 e. The number of hydrogen-bond acceptors (Lipinski definition) is 4. The van der Waals surface area contributed by atoms with Crippen molar-refractivity contribution in [3.05, 3.63) is 29.8 Å². The second-order valence-corrected chi connectivity index (χ2v) is 7.46. The van der Waals surface area contributed by atoms with Gasteiger partial charge in [-0.2, -0.15) is 4.31 Å². The van der Waals surface area contributed by atoms with Gasteiger partial charge in [-0.15, -0.1) is 0 Å². The van der Waals surface area contributed by atoms with Gasteiger partial charge in [0.2, 0.25) is 10.0 Å². The van der Waals surface area contributed by atoms with E-state index in [4.69, 9.17) is 18.0 Å². The molecule has 2 N–H and O–H groups in total. The summed E-state index contributed by atoms with van der Waals surface area (Å²) < 4.78 is 26.7. The smallest absolute Gasteiger partial charge is 0.243 e. The lowest BCUT2D eigenvalue weighted by Crippen LogP contribution is -2.51. The molecule has 0 saturated carbocycles. The predicted octanol–water partition coefficient (Wildman–Crippen LogP) is 0.645. The summed E-state index contributed by atoms with van der Waals surface area (Å²) >= 11 is 4.86. The summed E-state index contributed by atoms with van der Waals surface area (Å²) in [4.78, 5) is 2.71. The van der Waals surface area contributed by atoms with Gasteiger partial charge in [0.05, 0.1) is 4.90 Å². The van der Waals surface area contributed by atoms with Crippen molar-refractivity contribution in [1.29, 1.82) is 0 Å². The van der Waals surface area contributed by atoms with Crippen LogP contribution in [0.4, 0.5) is 0 Å². The maximum absolute atomic E-state index is 12.6.